The van der Waals surface area contributed by atoms with Crippen molar-refractivity contribution >= 4 is 21.7 Å². The standard InChI is InChI=1S/C21H31NO7S/c1-5-27-18-8-7-16(11-19(18)28-6-2)21(24)29-13-20(23)22(12-15(3)4)17-9-10-30(25,26)14-17/h7-8,11,15,17H,5-6,9-10,12-14H2,1-4H3. The van der Waals surface area contributed by atoms with Gasteiger partial charge in [-0.05, 0) is 44.4 Å². The van der Waals surface area contributed by atoms with Crippen LogP contribution in [0.25, 0.3) is 0 Å². The largest absolute Gasteiger partial charge is 0.490 e. The van der Waals surface area contributed by atoms with Crippen LogP contribution < -0.4 is 9.47 Å². The molecule has 0 aromatic heterocycles. The molecule has 1 unspecified atom stereocenters. The zero-order valence-electron chi connectivity index (χ0n) is 18.0. The normalized spacial score (nSPS) is 17.6. The summed E-state index contributed by atoms with van der Waals surface area (Å²) in [7, 11) is -3.13. The first-order valence-electron chi connectivity index (χ1n) is 10.2. The molecule has 9 heteroatoms. The number of nitrogens with zero attached hydrogens (tertiary/aromatic N) is 1. The van der Waals surface area contributed by atoms with Gasteiger partial charge in [0, 0.05) is 12.6 Å². The molecule has 0 aliphatic carbocycles. The second-order valence-corrected chi connectivity index (χ2v) is 9.83. The molecule has 8 nitrogen and oxygen atoms in total. The zero-order valence-corrected chi connectivity index (χ0v) is 18.9. The van der Waals surface area contributed by atoms with E-state index in [-0.39, 0.29) is 29.0 Å². The van der Waals surface area contributed by atoms with Crippen molar-refractivity contribution in [2.75, 3.05) is 37.9 Å². The minimum absolute atomic E-state index is 0.0456. The highest BCUT2D eigenvalue weighted by atomic mass is 32.2. The summed E-state index contributed by atoms with van der Waals surface area (Å²) in [4.78, 5) is 26.7. The summed E-state index contributed by atoms with van der Waals surface area (Å²) in [5.74, 6) is 0.0935. The molecule has 1 atom stereocenters. The molecule has 0 spiro atoms. The average molecular weight is 442 g/mol. The van der Waals surface area contributed by atoms with Crippen LogP contribution in [0.2, 0.25) is 0 Å². The molecule has 1 aliphatic rings. The maximum absolute atomic E-state index is 12.7. The van der Waals surface area contributed by atoms with Crippen LogP contribution in [0.3, 0.4) is 0 Å². The number of amides is 1. The van der Waals surface area contributed by atoms with Crippen molar-refractivity contribution in [3.63, 3.8) is 0 Å². The molecule has 2 rings (SSSR count). The predicted molar refractivity (Wildman–Crippen MR) is 113 cm³/mol. The fourth-order valence-electron chi connectivity index (χ4n) is 3.34. The Balaban J connectivity index is 2.05. The van der Waals surface area contributed by atoms with Gasteiger partial charge >= 0.3 is 5.97 Å². The average Bonchev–Trinajstić information content (AvgIpc) is 3.05. The van der Waals surface area contributed by atoms with Crippen molar-refractivity contribution in [3.8, 4) is 11.5 Å². The Morgan fingerprint density at radius 2 is 1.80 bits per heavy atom. The van der Waals surface area contributed by atoms with Crippen LogP contribution >= 0.6 is 0 Å². The second kappa shape index (κ2) is 10.7. The molecule has 1 amide bonds. The summed E-state index contributed by atoms with van der Waals surface area (Å²) in [5, 5.41) is 0. The van der Waals surface area contributed by atoms with E-state index in [0.29, 0.717) is 37.7 Å². The first-order chi connectivity index (χ1) is 14.2. The van der Waals surface area contributed by atoms with Gasteiger partial charge in [-0.25, -0.2) is 13.2 Å². The first kappa shape index (κ1) is 24.0. The van der Waals surface area contributed by atoms with Crippen molar-refractivity contribution in [3.05, 3.63) is 23.8 Å². The molecule has 0 N–H and O–H groups in total. The van der Waals surface area contributed by atoms with Crippen LogP contribution in [0, 0.1) is 5.92 Å². The van der Waals surface area contributed by atoms with E-state index in [1.54, 1.807) is 12.1 Å². The van der Waals surface area contributed by atoms with Gasteiger partial charge in [0.15, 0.2) is 27.9 Å². The Labute approximate surface area is 178 Å². The molecule has 0 bridgehead atoms. The van der Waals surface area contributed by atoms with Crippen molar-refractivity contribution in [1.29, 1.82) is 0 Å². The molecule has 1 heterocycles. The van der Waals surface area contributed by atoms with Crippen LogP contribution in [0.15, 0.2) is 18.2 Å². The van der Waals surface area contributed by atoms with Gasteiger partial charge < -0.3 is 19.1 Å². The molecular formula is C21H31NO7S. The van der Waals surface area contributed by atoms with Crippen LogP contribution in [-0.2, 0) is 19.4 Å². The van der Waals surface area contributed by atoms with Crippen molar-refractivity contribution in [1.82, 2.24) is 4.90 Å². The molecule has 0 saturated carbocycles. The van der Waals surface area contributed by atoms with E-state index >= 15 is 0 Å². The lowest BCUT2D eigenvalue weighted by atomic mass is 10.1. The van der Waals surface area contributed by atoms with Crippen LogP contribution in [0.4, 0.5) is 0 Å². The lowest BCUT2D eigenvalue weighted by Gasteiger charge is -2.29. The molecule has 1 saturated heterocycles. The molecule has 168 valence electrons. The summed E-state index contributed by atoms with van der Waals surface area (Å²) in [6, 6.07) is 4.33. The Kier molecular flexibility index (Phi) is 8.52. The van der Waals surface area contributed by atoms with Gasteiger partial charge in [-0.2, -0.15) is 0 Å². The van der Waals surface area contributed by atoms with Gasteiger partial charge in [0.1, 0.15) is 0 Å². The molecule has 30 heavy (non-hydrogen) atoms. The number of rotatable bonds is 10. The van der Waals surface area contributed by atoms with Gasteiger partial charge in [0.25, 0.3) is 5.91 Å². The minimum atomic E-state index is -3.13. The number of carbonyl (C=O) groups excluding carboxylic acids is 2. The van der Waals surface area contributed by atoms with Gasteiger partial charge in [0.05, 0.1) is 30.3 Å². The van der Waals surface area contributed by atoms with Crippen molar-refractivity contribution in [2.45, 2.75) is 40.2 Å². The van der Waals surface area contributed by atoms with E-state index in [0.717, 1.165) is 0 Å². The molecular weight excluding hydrogens is 410 g/mol. The van der Waals surface area contributed by atoms with E-state index in [1.807, 2.05) is 27.7 Å². The maximum atomic E-state index is 12.7. The summed E-state index contributed by atoms with van der Waals surface area (Å²) >= 11 is 0. The fourth-order valence-corrected chi connectivity index (χ4v) is 5.07. The summed E-state index contributed by atoms with van der Waals surface area (Å²) in [6.07, 6.45) is 0.408. The van der Waals surface area contributed by atoms with Gasteiger partial charge in [0.2, 0.25) is 0 Å². The number of hydrogen-bond donors (Lipinski definition) is 0. The molecule has 1 aromatic rings. The molecule has 1 fully saturated rings. The third kappa shape index (κ3) is 6.62. The Hall–Kier alpha value is -2.29. The number of benzene rings is 1. The number of sulfone groups is 1. The van der Waals surface area contributed by atoms with E-state index in [9.17, 15) is 18.0 Å². The minimum Gasteiger partial charge on any atom is -0.490 e. The Bertz CT molecular complexity index is 851. The summed E-state index contributed by atoms with van der Waals surface area (Å²) in [6.45, 7) is 8.41. The summed E-state index contributed by atoms with van der Waals surface area (Å²) in [5.41, 5.74) is 0.244. The molecule has 0 radical (unpaired) electrons. The van der Waals surface area contributed by atoms with Gasteiger partial charge in [-0.15, -0.1) is 0 Å². The second-order valence-electron chi connectivity index (χ2n) is 7.60. The lowest BCUT2D eigenvalue weighted by molar-refractivity contribution is -0.137. The topological polar surface area (TPSA) is 99.2 Å². The lowest BCUT2D eigenvalue weighted by Crippen LogP contribution is -2.45. The van der Waals surface area contributed by atoms with E-state index < -0.39 is 28.3 Å². The number of ether oxygens (including phenoxy) is 3. The molecule has 1 aromatic carbocycles. The Morgan fingerprint density at radius 1 is 1.13 bits per heavy atom. The highest BCUT2D eigenvalue weighted by Crippen LogP contribution is 2.29. The van der Waals surface area contributed by atoms with Crippen LogP contribution in [0.5, 0.6) is 11.5 Å². The van der Waals surface area contributed by atoms with E-state index in [4.69, 9.17) is 14.2 Å². The third-order valence-corrected chi connectivity index (χ3v) is 6.39. The first-order valence-corrected chi connectivity index (χ1v) is 12.1. The third-order valence-electron chi connectivity index (χ3n) is 4.64. The monoisotopic (exact) mass is 441 g/mol. The maximum Gasteiger partial charge on any atom is 0.338 e. The van der Waals surface area contributed by atoms with E-state index in [1.165, 1.54) is 11.0 Å². The number of carbonyl (C=O) groups is 2. The Morgan fingerprint density at radius 3 is 2.37 bits per heavy atom. The zero-order chi connectivity index (χ0) is 22.3. The van der Waals surface area contributed by atoms with Crippen molar-refractivity contribution in [2.24, 2.45) is 5.92 Å². The van der Waals surface area contributed by atoms with Crippen LogP contribution in [-0.4, -0.2) is 69.1 Å². The fraction of sp³-hybridized carbons (Fsp3) is 0.619. The van der Waals surface area contributed by atoms with Gasteiger partial charge in [-0.3, -0.25) is 4.79 Å². The van der Waals surface area contributed by atoms with Crippen molar-refractivity contribution < 1.29 is 32.2 Å². The highest BCUT2D eigenvalue weighted by molar-refractivity contribution is 7.91. The molecule has 1 aliphatic heterocycles. The number of hydrogen-bond acceptors (Lipinski definition) is 7. The SMILES string of the molecule is CCOc1ccc(C(=O)OCC(=O)N(CC(C)C)C2CCS(=O)(=O)C2)cc1OCC. The van der Waals surface area contributed by atoms with E-state index in [2.05, 4.69) is 0 Å². The quantitative estimate of drug-likeness (QED) is 0.514. The van der Waals surface area contributed by atoms with Gasteiger partial charge in [-0.1, -0.05) is 13.8 Å². The number of esters is 1. The highest BCUT2D eigenvalue weighted by Gasteiger charge is 2.35. The van der Waals surface area contributed by atoms with Crippen LogP contribution in [0.1, 0.15) is 44.5 Å². The summed E-state index contributed by atoms with van der Waals surface area (Å²) < 4.78 is 39.8. The predicted octanol–water partition coefficient (Wildman–Crippen LogP) is 2.31. The smallest absolute Gasteiger partial charge is 0.338 e.